The van der Waals surface area contributed by atoms with Crippen LogP contribution in [0.3, 0.4) is 0 Å². The highest BCUT2D eigenvalue weighted by molar-refractivity contribution is 7.09. The molecule has 1 aliphatic rings. The Bertz CT molecular complexity index is 390. The number of aliphatic hydroxyl groups excluding tert-OH is 1. The van der Waals surface area contributed by atoms with Crippen LogP contribution in [-0.2, 0) is 4.74 Å². The van der Waals surface area contributed by atoms with E-state index in [0.29, 0.717) is 25.3 Å². The number of thiazole rings is 1. The third-order valence-corrected chi connectivity index (χ3v) is 3.51. The van der Waals surface area contributed by atoms with E-state index in [2.05, 4.69) is 11.1 Å². The monoisotopic (exact) mass is 224 g/mol. The minimum absolute atomic E-state index is 0.293. The lowest BCUT2D eigenvalue weighted by Gasteiger charge is -2.23. The van der Waals surface area contributed by atoms with Crippen molar-refractivity contribution in [2.24, 2.45) is 5.41 Å². The van der Waals surface area contributed by atoms with Gasteiger partial charge in [0.25, 0.3) is 0 Å². The first kappa shape index (κ1) is 10.6. The van der Waals surface area contributed by atoms with Crippen LogP contribution >= 0.6 is 11.3 Å². The number of rotatable bonds is 2. The van der Waals surface area contributed by atoms with Crippen molar-refractivity contribution in [3.05, 3.63) is 16.1 Å². The van der Waals surface area contributed by atoms with Gasteiger partial charge in [-0.3, -0.25) is 0 Å². The maximum absolute atomic E-state index is 10.1. The first-order valence-corrected chi connectivity index (χ1v) is 5.65. The van der Waals surface area contributed by atoms with Crippen molar-refractivity contribution in [1.82, 2.24) is 4.98 Å². The van der Waals surface area contributed by atoms with E-state index in [-0.39, 0.29) is 0 Å². The topological polar surface area (TPSA) is 66.1 Å². The van der Waals surface area contributed by atoms with Crippen LogP contribution in [0.1, 0.15) is 23.2 Å². The molecule has 0 radical (unpaired) electrons. The Balaban J connectivity index is 2.26. The van der Waals surface area contributed by atoms with Crippen molar-refractivity contribution >= 4 is 11.3 Å². The van der Waals surface area contributed by atoms with Gasteiger partial charge in [-0.15, -0.1) is 11.3 Å². The average Bonchev–Trinajstić information content (AvgIpc) is 2.86. The summed E-state index contributed by atoms with van der Waals surface area (Å²) in [5.74, 6) is 0. The largest absolute Gasteiger partial charge is 0.385 e. The first-order valence-electron chi connectivity index (χ1n) is 4.77. The molecule has 1 fully saturated rings. The number of hydrogen-bond donors (Lipinski definition) is 1. The molecule has 5 heteroatoms. The van der Waals surface area contributed by atoms with Crippen molar-refractivity contribution in [1.29, 1.82) is 5.26 Å². The highest BCUT2D eigenvalue weighted by Gasteiger charge is 2.43. The molecular formula is C10H12N2O2S. The summed E-state index contributed by atoms with van der Waals surface area (Å²) in [6.07, 6.45) is -0.267. The molecule has 0 aromatic carbocycles. The number of hydrogen-bond acceptors (Lipinski definition) is 5. The van der Waals surface area contributed by atoms with E-state index in [1.165, 1.54) is 11.3 Å². The summed E-state index contributed by atoms with van der Waals surface area (Å²) in [6.45, 7) is 2.71. The second-order valence-corrected chi connectivity index (χ2v) is 4.83. The van der Waals surface area contributed by atoms with Gasteiger partial charge in [-0.1, -0.05) is 0 Å². The van der Waals surface area contributed by atoms with Gasteiger partial charge in [0.1, 0.15) is 11.5 Å². The summed E-state index contributed by atoms with van der Waals surface area (Å²) in [5, 5.41) is 22.0. The molecular weight excluding hydrogens is 212 g/mol. The summed E-state index contributed by atoms with van der Waals surface area (Å²) in [6, 6.07) is 2.17. The predicted molar refractivity (Wildman–Crippen MR) is 55.3 cm³/mol. The third-order valence-electron chi connectivity index (χ3n) is 2.72. The van der Waals surface area contributed by atoms with Gasteiger partial charge < -0.3 is 9.84 Å². The lowest BCUT2D eigenvalue weighted by Crippen LogP contribution is -2.28. The second-order valence-electron chi connectivity index (χ2n) is 3.76. The lowest BCUT2D eigenvalue weighted by molar-refractivity contribution is 0.0477. The molecule has 1 N–H and O–H groups in total. The van der Waals surface area contributed by atoms with Crippen molar-refractivity contribution in [2.75, 3.05) is 13.2 Å². The maximum Gasteiger partial charge on any atom is 0.118 e. The molecule has 2 rings (SSSR count). The Hall–Kier alpha value is -0.960. The molecule has 0 saturated carbocycles. The van der Waals surface area contributed by atoms with Gasteiger partial charge in [0.15, 0.2) is 0 Å². The number of ether oxygens (including phenoxy) is 1. The summed E-state index contributed by atoms with van der Waals surface area (Å²) < 4.78 is 5.19. The van der Waals surface area contributed by atoms with E-state index in [1.807, 2.05) is 6.92 Å². The minimum atomic E-state index is -0.838. The predicted octanol–water partition coefficient (Wildman–Crippen LogP) is 1.42. The van der Waals surface area contributed by atoms with E-state index >= 15 is 0 Å². The van der Waals surface area contributed by atoms with Crippen LogP contribution in [-0.4, -0.2) is 23.3 Å². The summed E-state index contributed by atoms with van der Waals surface area (Å²) >= 11 is 1.48. The van der Waals surface area contributed by atoms with Gasteiger partial charge in [0, 0.05) is 12.0 Å². The molecule has 2 unspecified atom stereocenters. The van der Waals surface area contributed by atoms with Crippen LogP contribution in [0.4, 0.5) is 0 Å². The fourth-order valence-corrected chi connectivity index (χ4v) is 2.37. The van der Waals surface area contributed by atoms with E-state index < -0.39 is 11.5 Å². The van der Waals surface area contributed by atoms with Crippen molar-refractivity contribution in [3.8, 4) is 6.07 Å². The standard InChI is InChI=1S/C10H12N2O2S/c1-7-12-8(4-15-7)9(13)10(5-11)2-3-14-6-10/h4,9,13H,2-3,6H2,1H3. The van der Waals surface area contributed by atoms with E-state index in [0.717, 1.165) is 5.01 Å². The smallest absolute Gasteiger partial charge is 0.118 e. The van der Waals surface area contributed by atoms with Crippen LogP contribution < -0.4 is 0 Å². The highest BCUT2D eigenvalue weighted by Crippen LogP contribution is 2.40. The number of nitriles is 1. The number of aromatic nitrogens is 1. The zero-order chi connectivity index (χ0) is 10.9. The molecule has 1 aromatic rings. The van der Waals surface area contributed by atoms with E-state index in [4.69, 9.17) is 10.00 Å². The van der Waals surface area contributed by atoms with Gasteiger partial charge in [0.05, 0.1) is 23.4 Å². The zero-order valence-corrected chi connectivity index (χ0v) is 9.25. The molecule has 0 spiro atoms. The Labute approximate surface area is 92.1 Å². The molecule has 1 aliphatic heterocycles. The third kappa shape index (κ3) is 1.76. The van der Waals surface area contributed by atoms with Gasteiger partial charge in [-0.05, 0) is 13.3 Å². The number of aryl methyl sites for hydroxylation is 1. The Morgan fingerprint density at radius 3 is 3.07 bits per heavy atom. The molecule has 80 valence electrons. The SMILES string of the molecule is Cc1nc(C(O)C2(C#N)CCOC2)cs1. The molecule has 1 aromatic heterocycles. The average molecular weight is 224 g/mol. The van der Waals surface area contributed by atoms with Crippen LogP contribution in [0.5, 0.6) is 0 Å². The molecule has 1 saturated heterocycles. The Morgan fingerprint density at radius 1 is 1.80 bits per heavy atom. The molecule has 0 amide bonds. The van der Waals surface area contributed by atoms with Gasteiger partial charge >= 0.3 is 0 Å². The second kappa shape index (κ2) is 3.89. The van der Waals surface area contributed by atoms with Gasteiger partial charge in [-0.2, -0.15) is 5.26 Å². The molecule has 15 heavy (non-hydrogen) atoms. The fraction of sp³-hybridized carbons (Fsp3) is 0.600. The van der Waals surface area contributed by atoms with Crippen LogP contribution in [0.15, 0.2) is 5.38 Å². The lowest BCUT2D eigenvalue weighted by atomic mass is 9.82. The Kier molecular flexibility index (Phi) is 2.74. The summed E-state index contributed by atoms with van der Waals surface area (Å²) in [4.78, 5) is 4.21. The van der Waals surface area contributed by atoms with Crippen molar-refractivity contribution < 1.29 is 9.84 Å². The molecule has 0 bridgehead atoms. The van der Waals surface area contributed by atoms with Crippen molar-refractivity contribution in [3.63, 3.8) is 0 Å². The van der Waals surface area contributed by atoms with Gasteiger partial charge in [-0.25, -0.2) is 4.98 Å². The van der Waals surface area contributed by atoms with Crippen molar-refractivity contribution in [2.45, 2.75) is 19.4 Å². The molecule has 0 aliphatic carbocycles. The first-order chi connectivity index (χ1) is 7.18. The number of nitrogens with zero attached hydrogens (tertiary/aromatic N) is 2. The molecule has 2 atom stereocenters. The summed E-state index contributed by atoms with van der Waals surface area (Å²) in [7, 11) is 0. The van der Waals surface area contributed by atoms with Crippen LogP contribution in [0.25, 0.3) is 0 Å². The van der Waals surface area contributed by atoms with Gasteiger partial charge in [0.2, 0.25) is 0 Å². The van der Waals surface area contributed by atoms with E-state index in [9.17, 15) is 5.11 Å². The maximum atomic E-state index is 10.1. The quantitative estimate of drug-likeness (QED) is 0.825. The minimum Gasteiger partial charge on any atom is -0.385 e. The Morgan fingerprint density at radius 2 is 2.60 bits per heavy atom. The number of aliphatic hydroxyl groups is 1. The van der Waals surface area contributed by atoms with Crippen LogP contribution in [0.2, 0.25) is 0 Å². The molecule has 2 heterocycles. The summed E-state index contributed by atoms with van der Waals surface area (Å²) in [5.41, 5.74) is -0.218. The molecule has 4 nitrogen and oxygen atoms in total. The van der Waals surface area contributed by atoms with E-state index in [1.54, 1.807) is 5.38 Å². The normalized spacial score (nSPS) is 27.5. The van der Waals surface area contributed by atoms with Crippen LogP contribution in [0, 0.1) is 23.7 Å². The fourth-order valence-electron chi connectivity index (χ4n) is 1.73. The highest BCUT2D eigenvalue weighted by atomic mass is 32.1. The zero-order valence-electron chi connectivity index (χ0n) is 8.43.